The van der Waals surface area contributed by atoms with Crippen LogP contribution in [0.15, 0.2) is 36.4 Å². The van der Waals surface area contributed by atoms with Gasteiger partial charge in [-0.25, -0.2) is 4.79 Å². The molecule has 2 rings (SSSR count). The number of nitrogens with one attached hydrogen (secondary N) is 1. The number of carboxylic acids is 1. The Bertz CT molecular complexity index is 643. The summed E-state index contributed by atoms with van der Waals surface area (Å²) in [6.07, 6.45) is 0. The van der Waals surface area contributed by atoms with Crippen molar-refractivity contribution in [3.05, 3.63) is 56.1 Å². The van der Waals surface area contributed by atoms with Gasteiger partial charge in [0.15, 0.2) is 0 Å². The predicted molar refractivity (Wildman–Crippen MR) is 85.6 cm³/mol. The molecule has 0 unspecified atom stereocenters. The lowest BCUT2D eigenvalue weighted by molar-refractivity contribution is 0.0698. The van der Waals surface area contributed by atoms with Crippen molar-refractivity contribution in [2.45, 2.75) is 6.92 Å². The molecule has 5 heteroatoms. The zero-order chi connectivity index (χ0) is 14.0. The fourth-order valence-electron chi connectivity index (χ4n) is 1.68. The van der Waals surface area contributed by atoms with E-state index in [1.165, 1.54) is 0 Å². The smallest absolute Gasteiger partial charge is 0.337 e. The van der Waals surface area contributed by atoms with Gasteiger partial charge in [0, 0.05) is 3.57 Å². The van der Waals surface area contributed by atoms with Crippen molar-refractivity contribution in [1.29, 1.82) is 0 Å². The first-order valence-electron chi connectivity index (χ1n) is 5.53. The maximum atomic E-state index is 11.2. The minimum absolute atomic E-state index is 0.222. The first-order chi connectivity index (χ1) is 8.97. The summed E-state index contributed by atoms with van der Waals surface area (Å²) in [7, 11) is 0. The van der Waals surface area contributed by atoms with Gasteiger partial charge in [0.25, 0.3) is 0 Å². The van der Waals surface area contributed by atoms with E-state index in [1.54, 1.807) is 18.2 Å². The van der Waals surface area contributed by atoms with Crippen molar-refractivity contribution in [1.82, 2.24) is 0 Å². The highest BCUT2D eigenvalue weighted by Crippen LogP contribution is 2.29. The Kier molecular flexibility index (Phi) is 4.31. The third-order valence-corrected chi connectivity index (χ3v) is 3.59. The van der Waals surface area contributed by atoms with Crippen LogP contribution in [0.5, 0.6) is 0 Å². The van der Waals surface area contributed by atoms with Gasteiger partial charge in [-0.1, -0.05) is 17.7 Å². The number of halogens is 2. The summed E-state index contributed by atoms with van der Waals surface area (Å²) < 4.78 is 1.02. The highest BCUT2D eigenvalue weighted by molar-refractivity contribution is 14.1. The number of benzene rings is 2. The van der Waals surface area contributed by atoms with Crippen LogP contribution in [0.2, 0.25) is 5.02 Å². The van der Waals surface area contributed by atoms with Gasteiger partial charge in [0.2, 0.25) is 0 Å². The van der Waals surface area contributed by atoms with Crippen LogP contribution in [0.25, 0.3) is 0 Å². The number of rotatable bonds is 3. The normalized spacial score (nSPS) is 10.3. The molecule has 0 radical (unpaired) electrons. The highest BCUT2D eigenvalue weighted by Gasteiger charge is 2.11. The summed E-state index contributed by atoms with van der Waals surface area (Å²) in [5.41, 5.74) is 2.43. The number of anilines is 2. The molecule has 0 amide bonds. The molecule has 0 heterocycles. The van der Waals surface area contributed by atoms with E-state index in [2.05, 4.69) is 27.9 Å². The van der Waals surface area contributed by atoms with Crippen LogP contribution in [0.3, 0.4) is 0 Å². The molecule has 3 nitrogen and oxygen atoms in total. The van der Waals surface area contributed by atoms with Crippen LogP contribution in [-0.4, -0.2) is 11.1 Å². The summed E-state index contributed by atoms with van der Waals surface area (Å²) in [6, 6.07) is 10.7. The van der Waals surface area contributed by atoms with Gasteiger partial charge in [0.05, 0.1) is 22.0 Å². The Balaban J connectivity index is 2.42. The molecule has 0 aliphatic heterocycles. The van der Waals surface area contributed by atoms with E-state index in [-0.39, 0.29) is 5.56 Å². The van der Waals surface area contributed by atoms with Crippen LogP contribution in [0.1, 0.15) is 15.9 Å². The third kappa shape index (κ3) is 3.39. The van der Waals surface area contributed by atoms with Gasteiger partial charge in [-0.3, -0.25) is 0 Å². The number of aryl methyl sites for hydroxylation is 1. The monoisotopic (exact) mass is 387 g/mol. The molecule has 2 aromatic carbocycles. The first kappa shape index (κ1) is 14.1. The van der Waals surface area contributed by atoms with E-state index in [9.17, 15) is 9.90 Å². The Hall–Kier alpha value is -1.27. The Labute approximate surface area is 129 Å². The maximum absolute atomic E-state index is 11.2. The number of carboxylic acid groups (broad SMARTS) is 1. The van der Waals surface area contributed by atoms with Gasteiger partial charge in [-0.15, -0.1) is 0 Å². The van der Waals surface area contributed by atoms with Crippen LogP contribution in [0.4, 0.5) is 11.4 Å². The molecule has 0 atom stereocenters. The van der Waals surface area contributed by atoms with E-state index in [1.807, 2.05) is 25.1 Å². The van der Waals surface area contributed by atoms with E-state index >= 15 is 0 Å². The molecule has 0 fully saturated rings. The second-order valence-corrected chi connectivity index (χ2v) is 5.76. The van der Waals surface area contributed by atoms with Crippen LogP contribution in [0, 0.1) is 10.5 Å². The molecule has 98 valence electrons. The lowest BCUT2D eigenvalue weighted by Crippen LogP contribution is -2.03. The maximum Gasteiger partial charge on any atom is 0.337 e. The molecule has 19 heavy (non-hydrogen) atoms. The quantitative estimate of drug-likeness (QED) is 0.751. The minimum atomic E-state index is -0.968. The molecule has 0 saturated heterocycles. The number of carbonyl (C=O) groups is 1. The zero-order valence-corrected chi connectivity index (χ0v) is 13.0. The summed E-state index contributed by atoms with van der Waals surface area (Å²) in [5, 5.41) is 12.8. The predicted octanol–water partition coefficient (Wildman–Crippen LogP) is 4.69. The molecule has 0 aliphatic rings. The van der Waals surface area contributed by atoms with Crippen molar-refractivity contribution in [2.24, 2.45) is 0 Å². The third-order valence-electron chi connectivity index (χ3n) is 2.61. The molecule has 2 N–H and O–H groups in total. The number of aromatic carboxylic acids is 1. The average molecular weight is 388 g/mol. The summed E-state index contributed by atoms with van der Waals surface area (Å²) in [6.45, 7) is 1.91. The lowest BCUT2D eigenvalue weighted by atomic mass is 10.1. The Morgan fingerprint density at radius 2 is 1.95 bits per heavy atom. The number of hydrogen-bond donors (Lipinski definition) is 2. The Morgan fingerprint density at radius 1 is 1.21 bits per heavy atom. The molecule has 0 aromatic heterocycles. The molecular formula is C14H11ClINO2. The SMILES string of the molecule is Cc1ccc(C(=O)O)c(Nc2ccc(I)cc2Cl)c1. The largest absolute Gasteiger partial charge is 0.478 e. The van der Waals surface area contributed by atoms with Crippen LogP contribution in [-0.2, 0) is 0 Å². The molecular weight excluding hydrogens is 377 g/mol. The molecule has 0 bridgehead atoms. The second kappa shape index (κ2) is 5.79. The van der Waals surface area contributed by atoms with Gasteiger partial charge < -0.3 is 10.4 Å². The van der Waals surface area contributed by atoms with Crippen LogP contribution < -0.4 is 5.32 Å². The molecule has 2 aromatic rings. The van der Waals surface area contributed by atoms with Crippen molar-refractivity contribution < 1.29 is 9.90 Å². The van der Waals surface area contributed by atoms with Crippen LogP contribution >= 0.6 is 34.2 Å². The lowest BCUT2D eigenvalue weighted by Gasteiger charge is -2.12. The summed E-state index contributed by atoms with van der Waals surface area (Å²) in [4.78, 5) is 11.2. The standard InChI is InChI=1S/C14H11ClINO2/c1-8-2-4-10(14(18)19)13(6-8)17-12-5-3-9(16)7-11(12)15/h2-7,17H,1H3,(H,18,19). The minimum Gasteiger partial charge on any atom is -0.478 e. The van der Waals surface area contributed by atoms with E-state index in [0.29, 0.717) is 16.4 Å². The Morgan fingerprint density at radius 3 is 2.58 bits per heavy atom. The topological polar surface area (TPSA) is 49.3 Å². The first-order valence-corrected chi connectivity index (χ1v) is 6.99. The average Bonchev–Trinajstić information content (AvgIpc) is 2.32. The highest BCUT2D eigenvalue weighted by atomic mass is 127. The molecule has 0 saturated carbocycles. The van der Waals surface area contributed by atoms with E-state index in [0.717, 1.165) is 9.13 Å². The van der Waals surface area contributed by atoms with Crippen molar-refractivity contribution in [3.63, 3.8) is 0 Å². The summed E-state index contributed by atoms with van der Waals surface area (Å²) in [5.74, 6) is -0.968. The zero-order valence-electron chi connectivity index (χ0n) is 10.1. The molecule has 0 aliphatic carbocycles. The van der Waals surface area contributed by atoms with Gasteiger partial charge >= 0.3 is 5.97 Å². The second-order valence-electron chi connectivity index (χ2n) is 4.10. The van der Waals surface area contributed by atoms with E-state index < -0.39 is 5.97 Å². The van der Waals surface area contributed by atoms with Gasteiger partial charge in [0.1, 0.15) is 0 Å². The van der Waals surface area contributed by atoms with Crippen molar-refractivity contribution >= 4 is 51.5 Å². The van der Waals surface area contributed by atoms with Crippen molar-refractivity contribution in [3.8, 4) is 0 Å². The van der Waals surface area contributed by atoms with Gasteiger partial charge in [-0.05, 0) is 65.4 Å². The fourth-order valence-corrected chi connectivity index (χ4v) is 2.59. The molecule has 0 spiro atoms. The van der Waals surface area contributed by atoms with E-state index in [4.69, 9.17) is 11.6 Å². The fraction of sp³-hybridized carbons (Fsp3) is 0.0714. The van der Waals surface area contributed by atoms with Gasteiger partial charge in [-0.2, -0.15) is 0 Å². The number of hydrogen-bond acceptors (Lipinski definition) is 2. The van der Waals surface area contributed by atoms with Crippen molar-refractivity contribution in [2.75, 3.05) is 5.32 Å². The summed E-state index contributed by atoms with van der Waals surface area (Å²) >= 11 is 8.31.